The van der Waals surface area contributed by atoms with E-state index >= 15 is 0 Å². The number of hydrogen-bond acceptors (Lipinski definition) is 8. The van der Waals surface area contributed by atoms with Gasteiger partial charge in [0, 0.05) is 31.2 Å². The topological polar surface area (TPSA) is 191 Å². The van der Waals surface area contributed by atoms with Crippen molar-refractivity contribution in [2.75, 3.05) is 6.54 Å². The van der Waals surface area contributed by atoms with Gasteiger partial charge >= 0.3 is 11.9 Å². The fourth-order valence-corrected chi connectivity index (χ4v) is 4.44. The number of carbonyl (C=O) groups is 3. The Bertz CT molecular complexity index is 1010. The molecule has 0 saturated heterocycles. The second kappa shape index (κ2) is 17.3. The molecule has 1 aliphatic rings. The number of hydrogen-bond donors (Lipinski definition) is 5. The molecule has 2 rings (SSSR count). The minimum atomic E-state index is -0.922. The van der Waals surface area contributed by atoms with Gasteiger partial charge in [-0.1, -0.05) is 54.6 Å². The summed E-state index contributed by atoms with van der Waals surface area (Å²) < 4.78 is 4.79. The third-order valence-corrected chi connectivity index (χ3v) is 6.65. The molecule has 5 atom stereocenters. The Hall–Kier alpha value is -3.34. The highest BCUT2D eigenvalue weighted by Gasteiger charge is 2.39. The van der Waals surface area contributed by atoms with Gasteiger partial charge in [0.1, 0.15) is 11.8 Å². The number of ether oxygens (including phenoxy) is 1. The average molecular weight is 543 g/mol. The van der Waals surface area contributed by atoms with Crippen LogP contribution in [-0.2, 0) is 25.5 Å². The predicted octanol–water partition coefficient (Wildman–Crippen LogP) is 1.67. The first kappa shape index (κ1) is 31.9. The Morgan fingerprint density at radius 3 is 2.59 bits per heavy atom. The van der Waals surface area contributed by atoms with E-state index in [4.69, 9.17) is 21.9 Å². The van der Waals surface area contributed by atoms with Crippen LogP contribution in [0.3, 0.4) is 0 Å². The average Bonchev–Trinajstić information content (AvgIpc) is 3.17. The van der Waals surface area contributed by atoms with Gasteiger partial charge in [-0.05, 0) is 50.5 Å². The van der Waals surface area contributed by atoms with Crippen LogP contribution < -0.4 is 17.2 Å². The van der Waals surface area contributed by atoms with E-state index in [1.807, 2.05) is 42.5 Å². The molecule has 0 unspecified atom stereocenters. The number of unbranched alkanes of at least 4 members (excludes halogenated alkanes) is 1. The monoisotopic (exact) mass is 542 g/mol. The SMILES string of the molecule is NC(N)=NCCC[C@H](N)C(=O)OC(=O)CCCC=CC[C@H]1C(=O)C[C@@H](O)[C@@H]1C=C[C@@H](O)CCc1ccccc1. The maximum absolute atomic E-state index is 12.4. The molecule has 0 aliphatic heterocycles. The number of ketones is 1. The van der Waals surface area contributed by atoms with E-state index in [1.165, 1.54) is 0 Å². The zero-order valence-corrected chi connectivity index (χ0v) is 22.4. The number of carbonyl (C=O) groups excluding carboxylic acids is 3. The first-order chi connectivity index (χ1) is 18.7. The number of aliphatic hydroxyl groups is 2. The van der Waals surface area contributed by atoms with E-state index in [1.54, 1.807) is 12.2 Å². The van der Waals surface area contributed by atoms with Gasteiger partial charge in [0.25, 0.3) is 0 Å². The van der Waals surface area contributed by atoms with Crippen LogP contribution in [0.15, 0.2) is 59.6 Å². The summed E-state index contributed by atoms with van der Waals surface area (Å²) in [5, 5.41) is 20.7. The molecule has 0 spiro atoms. The number of aliphatic imine (C=N–C) groups is 1. The minimum Gasteiger partial charge on any atom is -0.392 e. The first-order valence-electron chi connectivity index (χ1n) is 13.5. The molecule has 0 radical (unpaired) electrons. The summed E-state index contributed by atoms with van der Waals surface area (Å²) in [4.78, 5) is 40.0. The van der Waals surface area contributed by atoms with Crippen LogP contribution in [0.5, 0.6) is 0 Å². The summed E-state index contributed by atoms with van der Waals surface area (Å²) in [6.07, 6.45) is 9.50. The van der Waals surface area contributed by atoms with Gasteiger partial charge < -0.3 is 32.2 Å². The Morgan fingerprint density at radius 2 is 1.87 bits per heavy atom. The van der Waals surface area contributed by atoms with Crippen LogP contribution in [0.25, 0.3) is 0 Å². The molecule has 0 aromatic heterocycles. The summed E-state index contributed by atoms with van der Waals surface area (Å²) in [6.45, 7) is 0.336. The predicted molar refractivity (Wildman–Crippen MR) is 149 cm³/mol. The number of aliphatic hydroxyl groups excluding tert-OH is 2. The number of esters is 2. The normalized spacial score (nSPS) is 20.8. The van der Waals surface area contributed by atoms with Crippen LogP contribution in [0.4, 0.5) is 0 Å². The number of Topliss-reactive ketones (excluding diaryl/α,β-unsaturated/α-hetero) is 1. The molecule has 1 aliphatic carbocycles. The van der Waals surface area contributed by atoms with Crippen molar-refractivity contribution >= 4 is 23.7 Å². The quantitative estimate of drug-likeness (QED) is 0.0516. The van der Waals surface area contributed by atoms with Gasteiger partial charge in [-0.3, -0.25) is 14.6 Å². The van der Waals surface area contributed by atoms with Gasteiger partial charge in [-0.2, -0.15) is 0 Å². The van der Waals surface area contributed by atoms with Crippen LogP contribution >= 0.6 is 0 Å². The summed E-state index contributed by atoms with van der Waals surface area (Å²) in [6, 6.07) is 8.97. The maximum Gasteiger partial charge on any atom is 0.330 e. The highest BCUT2D eigenvalue weighted by Crippen LogP contribution is 2.33. The van der Waals surface area contributed by atoms with E-state index in [0.717, 1.165) is 12.0 Å². The minimum absolute atomic E-state index is 0.00250. The Balaban J connectivity index is 1.69. The number of aryl methyl sites for hydroxylation is 1. The number of guanidine groups is 1. The summed E-state index contributed by atoms with van der Waals surface area (Å²) in [5.41, 5.74) is 17.3. The van der Waals surface area contributed by atoms with Crippen molar-refractivity contribution in [2.45, 2.75) is 76.0 Å². The van der Waals surface area contributed by atoms with Crippen LogP contribution in [-0.4, -0.2) is 58.7 Å². The lowest BCUT2D eigenvalue weighted by molar-refractivity contribution is -0.160. The van der Waals surface area contributed by atoms with E-state index in [-0.39, 0.29) is 36.4 Å². The lowest BCUT2D eigenvalue weighted by Crippen LogP contribution is -2.34. The molecule has 39 heavy (non-hydrogen) atoms. The lowest BCUT2D eigenvalue weighted by Gasteiger charge is -2.16. The fraction of sp³-hybridized carbons (Fsp3) is 0.517. The lowest BCUT2D eigenvalue weighted by atomic mass is 9.90. The zero-order chi connectivity index (χ0) is 28.6. The van der Waals surface area contributed by atoms with Crippen LogP contribution in [0.1, 0.15) is 56.9 Å². The molecule has 214 valence electrons. The van der Waals surface area contributed by atoms with Crippen molar-refractivity contribution in [3.8, 4) is 0 Å². The van der Waals surface area contributed by atoms with Crippen molar-refractivity contribution < 1.29 is 29.3 Å². The third kappa shape index (κ3) is 12.4. The van der Waals surface area contributed by atoms with Crippen LogP contribution in [0.2, 0.25) is 0 Å². The Morgan fingerprint density at radius 1 is 1.13 bits per heavy atom. The van der Waals surface area contributed by atoms with E-state index < -0.39 is 30.2 Å². The summed E-state index contributed by atoms with van der Waals surface area (Å²) >= 11 is 0. The van der Waals surface area contributed by atoms with Gasteiger partial charge in [0.2, 0.25) is 0 Å². The molecule has 10 heteroatoms. The van der Waals surface area contributed by atoms with Crippen molar-refractivity contribution in [1.82, 2.24) is 0 Å². The van der Waals surface area contributed by atoms with E-state index in [0.29, 0.717) is 45.1 Å². The van der Waals surface area contributed by atoms with E-state index in [9.17, 15) is 24.6 Å². The molecule has 1 aromatic rings. The Kier molecular flexibility index (Phi) is 14.1. The number of nitrogens with zero attached hydrogens (tertiary/aromatic N) is 1. The highest BCUT2D eigenvalue weighted by atomic mass is 16.6. The van der Waals surface area contributed by atoms with Gasteiger partial charge in [-0.25, -0.2) is 4.79 Å². The second-order valence-corrected chi connectivity index (χ2v) is 9.85. The van der Waals surface area contributed by atoms with E-state index in [2.05, 4.69) is 4.99 Å². The van der Waals surface area contributed by atoms with Crippen LogP contribution in [0, 0.1) is 11.8 Å². The molecule has 0 amide bonds. The number of rotatable bonds is 16. The largest absolute Gasteiger partial charge is 0.392 e. The van der Waals surface area contributed by atoms with Crippen molar-refractivity contribution in [3.63, 3.8) is 0 Å². The molecule has 1 aromatic carbocycles. The van der Waals surface area contributed by atoms with Crippen molar-refractivity contribution in [2.24, 2.45) is 34.0 Å². The van der Waals surface area contributed by atoms with Gasteiger partial charge in [-0.15, -0.1) is 0 Å². The summed E-state index contributed by atoms with van der Waals surface area (Å²) in [7, 11) is 0. The fourth-order valence-electron chi connectivity index (χ4n) is 4.44. The van der Waals surface area contributed by atoms with Crippen molar-refractivity contribution in [1.29, 1.82) is 0 Å². The standard InChI is InChI=1S/C29H42N4O6/c30-24(12-8-18-33-29(31)32)28(38)39-27(37)13-7-2-1-6-11-22-23(26(36)19-25(22)35)17-16-21(34)15-14-20-9-4-3-5-10-20/h1,3-6,9-10,16-17,21-24,26,34,36H,2,7-8,11-15,18-19,30H2,(H4,31,32,33)/t21-,22+,23+,24-,26+/m0/s1. The number of benzene rings is 1. The molecular weight excluding hydrogens is 500 g/mol. The number of nitrogens with two attached hydrogens (primary N) is 3. The molecular formula is C29H42N4O6. The molecule has 0 bridgehead atoms. The maximum atomic E-state index is 12.4. The third-order valence-electron chi connectivity index (χ3n) is 6.65. The Labute approximate surface area is 230 Å². The van der Waals surface area contributed by atoms with Crippen molar-refractivity contribution in [3.05, 3.63) is 60.2 Å². The second-order valence-electron chi connectivity index (χ2n) is 9.85. The molecule has 8 N–H and O–H groups in total. The van der Waals surface area contributed by atoms with Gasteiger partial charge in [0.05, 0.1) is 12.2 Å². The highest BCUT2D eigenvalue weighted by molar-refractivity contribution is 5.88. The molecule has 0 heterocycles. The first-order valence-corrected chi connectivity index (χ1v) is 13.5. The summed E-state index contributed by atoms with van der Waals surface area (Å²) in [5.74, 6) is -2.16. The molecule has 1 saturated carbocycles. The smallest absolute Gasteiger partial charge is 0.330 e. The van der Waals surface area contributed by atoms with Gasteiger partial charge in [0.15, 0.2) is 5.96 Å². The zero-order valence-electron chi connectivity index (χ0n) is 22.4. The molecule has 1 fully saturated rings. The molecule has 10 nitrogen and oxygen atoms in total. The number of allylic oxidation sites excluding steroid dienone is 2.